The molecule has 2 aliphatic rings. The zero-order valence-electron chi connectivity index (χ0n) is 11.6. The lowest BCUT2D eigenvalue weighted by Gasteiger charge is -2.46. The predicted octanol–water partition coefficient (Wildman–Crippen LogP) is -0.477. The molecule has 112 valence electrons. The number of hydrogen-bond donors (Lipinski definition) is 0. The lowest BCUT2D eigenvalue weighted by molar-refractivity contribution is -0.169. The van der Waals surface area contributed by atoms with Gasteiger partial charge >= 0.3 is 18.1 Å². The summed E-state index contributed by atoms with van der Waals surface area (Å²) in [5, 5.41) is 0. The molecule has 0 aromatic carbocycles. The Labute approximate surface area is 114 Å². The molecule has 2 saturated heterocycles. The largest absolute Gasteiger partial charge is 0.679 e. The fourth-order valence-corrected chi connectivity index (χ4v) is 5.31. The Bertz CT molecular complexity index is 253. The predicted molar refractivity (Wildman–Crippen MR) is 65.8 cm³/mol. The Balaban J connectivity index is 1.95. The molecule has 2 rings (SSSR count). The number of hydrogen-bond acceptors (Lipinski definition) is 8. The third-order valence-electron chi connectivity index (χ3n) is 3.22. The molecule has 0 bridgehead atoms. The van der Waals surface area contributed by atoms with Gasteiger partial charge < -0.3 is 35.4 Å². The van der Waals surface area contributed by atoms with Crippen molar-refractivity contribution in [2.45, 2.75) is 0 Å². The zero-order chi connectivity index (χ0) is 14.0. The van der Waals surface area contributed by atoms with Crippen LogP contribution in [0.15, 0.2) is 0 Å². The maximum absolute atomic E-state index is 5.64. The maximum Gasteiger partial charge on any atom is 0.679 e. The van der Waals surface area contributed by atoms with Crippen LogP contribution in [-0.4, -0.2) is 73.0 Å². The molecule has 0 aromatic heterocycles. The molecule has 2 fully saturated rings. The SMILES string of the molecule is CO[Si]1(OC)OCC2(CO1)CO[Si](OC)(OC)OC2. The maximum atomic E-state index is 5.64. The molecular weight excluding hydrogens is 292 g/mol. The van der Waals surface area contributed by atoms with Crippen molar-refractivity contribution in [3.8, 4) is 0 Å². The summed E-state index contributed by atoms with van der Waals surface area (Å²) >= 11 is 0. The molecule has 8 nitrogen and oxygen atoms in total. The second-order valence-corrected chi connectivity index (χ2v) is 9.26. The van der Waals surface area contributed by atoms with E-state index in [2.05, 4.69) is 0 Å². The van der Waals surface area contributed by atoms with Crippen molar-refractivity contribution in [2.24, 2.45) is 5.41 Å². The van der Waals surface area contributed by atoms with Gasteiger partial charge in [-0.15, -0.1) is 0 Å². The van der Waals surface area contributed by atoms with E-state index in [1.54, 1.807) is 0 Å². The monoisotopic (exact) mass is 312 g/mol. The van der Waals surface area contributed by atoms with Crippen LogP contribution >= 0.6 is 0 Å². The normalized spacial score (nSPS) is 28.4. The highest BCUT2D eigenvalue weighted by atomic mass is 28.4. The summed E-state index contributed by atoms with van der Waals surface area (Å²) < 4.78 is 43.3. The minimum atomic E-state index is -2.96. The van der Waals surface area contributed by atoms with Gasteiger partial charge in [0.1, 0.15) is 0 Å². The van der Waals surface area contributed by atoms with E-state index in [4.69, 9.17) is 35.4 Å². The van der Waals surface area contributed by atoms with Crippen molar-refractivity contribution in [3.63, 3.8) is 0 Å². The Morgan fingerprint density at radius 3 is 1.11 bits per heavy atom. The first kappa shape index (κ1) is 15.5. The van der Waals surface area contributed by atoms with Crippen LogP contribution in [0.5, 0.6) is 0 Å². The van der Waals surface area contributed by atoms with E-state index in [0.717, 1.165) is 0 Å². The molecule has 19 heavy (non-hydrogen) atoms. The van der Waals surface area contributed by atoms with Crippen LogP contribution in [0.1, 0.15) is 0 Å². The van der Waals surface area contributed by atoms with Crippen molar-refractivity contribution in [1.82, 2.24) is 0 Å². The fourth-order valence-electron chi connectivity index (χ4n) is 1.94. The Morgan fingerprint density at radius 1 is 0.632 bits per heavy atom. The first-order valence-electron chi connectivity index (χ1n) is 5.83. The molecule has 0 atom stereocenters. The zero-order valence-corrected chi connectivity index (χ0v) is 13.6. The van der Waals surface area contributed by atoms with E-state index in [1.165, 1.54) is 28.4 Å². The van der Waals surface area contributed by atoms with Gasteiger partial charge in [-0.05, 0) is 0 Å². The average molecular weight is 312 g/mol. The van der Waals surface area contributed by atoms with Gasteiger partial charge in [0.2, 0.25) is 0 Å². The van der Waals surface area contributed by atoms with Crippen LogP contribution in [0.4, 0.5) is 0 Å². The summed E-state index contributed by atoms with van der Waals surface area (Å²) in [5.74, 6) is 0. The molecule has 0 aliphatic carbocycles. The summed E-state index contributed by atoms with van der Waals surface area (Å²) in [6.45, 7) is 1.55. The van der Waals surface area contributed by atoms with Gasteiger partial charge in [-0.3, -0.25) is 0 Å². The smallest absolute Gasteiger partial charge is 0.355 e. The van der Waals surface area contributed by atoms with Crippen LogP contribution in [0.2, 0.25) is 0 Å². The quantitative estimate of drug-likeness (QED) is 0.645. The highest BCUT2D eigenvalue weighted by Crippen LogP contribution is 2.34. The molecule has 2 aliphatic heterocycles. The first-order chi connectivity index (χ1) is 9.07. The summed E-state index contributed by atoms with van der Waals surface area (Å²) in [5.41, 5.74) is -0.374. The van der Waals surface area contributed by atoms with Gasteiger partial charge in [0.05, 0.1) is 31.8 Å². The van der Waals surface area contributed by atoms with Crippen LogP contribution < -0.4 is 0 Å². The van der Waals surface area contributed by atoms with Crippen molar-refractivity contribution in [2.75, 3.05) is 54.9 Å². The highest BCUT2D eigenvalue weighted by Gasteiger charge is 2.58. The number of rotatable bonds is 4. The van der Waals surface area contributed by atoms with Gasteiger partial charge in [0.25, 0.3) is 0 Å². The van der Waals surface area contributed by atoms with E-state index in [9.17, 15) is 0 Å². The lowest BCUT2D eigenvalue weighted by atomic mass is 9.93. The van der Waals surface area contributed by atoms with E-state index >= 15 is 0 Å². The average Bonchev–Trinajstić information content (AvgIpc) is 2.50. The molecule has 0 amide bonds. The summed E-state index contributed by atoms with van der Waals surface area (Å²) in [6, 6.07) is 0. The Kier molecular flexibility index (Phi) is 4.77. The first-order valence-corrected chi connectivity index (χ1v) is 9.10. The minimum absolute atomic E-state index is 0.374. The highest BCUT2D eigenvalue weighted by molar-refractivity contribution is 6.54. The standard InChI is InChI=1S/C9H20O8Si2/c1-10-18(11-2)14-5-9(6-15-18)7-16-19(12-3,13-4)17-8-9/h5-8H2,1-4H3. The van der Waals surface area contributed by atoms with Crippen LogP contribution in [0.3, 0.4) is 0 Å². The van der Waals surface area contributed by atoms with Crippen LogP contribution in [0, 0.1) is 5.41 Å². The molecule has 1 spiro atoms. The van der Waals surface area contributed by atoms with E-state index in [-0.39, 0.29) is 5.41 Å². The molecule has 0 aromatic rings. The van der Waals surface area contributed by atoms with Gasteiger partial charge in [0.15, 0.2) is 0 Å². The molecule has 0 unspecified atom stereocenters. The lowest BCUT2D eigenvalue weighted by Crippen LogP contribution is -2.64. The molecule has 2 heterocycles. The molecule has 0 saturated carbocycles. The summed E-state index contributed by atoms with van der Waals surface area (Å²) in [7, 11) is 0.127. The summed E-state index contributed by atoms with van der Waals surface area (Å²) in [6.07, 6.45) is 0. The van der Waals surface area contributed by atoms with Crippen LogP contribution in [0.25, 0.3) is 0 Å². The second kappa shape index (κ2) is 5.85. The molecule has 0 N–H and O–H groups in total. The van der Waals surface area contributed by atoms with Gasteiger partial charge in [0, 0.05) is 28.4 Å². The summed E-state index contributed by atoms with van der Waals surface area (Å²) in [4.78, 5) is 0. The molecule has 10 heteroatoms. The van der Waals surface area contributed by atoms with Crippen molar-refractivity contribution >= 4 is 18.1 Å². The van der Waals surface area contributed by atoms with Crippen molar-refractivity contribution in [1.29, 1.82) is 0 Å². The Hall–Kier alpha value is 0.114. The van der Waals surface area contributed by atoms with Gasteiger partial charge in [-0.25, -0.2) is 0 Å². The van der Waals surface area contributed by atoms with E-state index in [1.807, 2.05) is 0 Å². The minimum Gasteiger partial charge on any atom is -0.355 e. The van der Waals surface area contributed by atoms with Gasteiger partial charge in [-0.2, -0.15) is 0 Å². The fraction of sp³-hybridized carbons (Fsp3) is 1.00. The van der Waals surface area contributed by atoms with E-state index in [0.29, 0.717) is 26.4 Å². The third-order valence-corrected chi connectivity index (χ3v) is 7.21. The second-order valence-electron chi connectivity index (χ2n) is 4.47. The van der Waals surface area contributed by atoms with Gasteiger partial charge in [-0.1, -0.05) is 0 Å². The Morgan fingerprint density at radius 2 is 0.895 bits per heavy atom. The van der Waals surface area contributed by atoms with Crippen LogP contribution in [-0.2, 0) is 35.4 Å². The molecule has 0 radical (unpaired) electrons. The third kappa shape index (κ3) is 2.92. The molecular formula is C9H20O8Si2. The van der Waals surface area contributed by atoms with Crippen molar-refractivity contribution < 1.29 is 35.4 Å². The topological polar surface area (TPSA) is 73.8 Å². The van der Waals surface area contributed by atoms with Crippen molar-refractivity contribution in [3.05, 3.63) is 0 Å². The van der Waals surface area contributed by atoms with E-state index < -0.39 is 18.1 Å².